The van der Waals surface area contributed by atoms with E-state index in [2.05, 4.69) is 5.32 Å². The molecule has 0 bridgehead atoms. The number of hydrogen-bond acceptors (Lipinski definition) is 2. The van der Waals surface area contributed by atoms with Gasteiger partial charge in [0.1, 0.15) is 17.9 Å². The fourth-order valence-electron chi connectivity index (χ4n) is 2.83. The molecule has 3 nitrogen and oxygen atoms in total. The molecule has 0 aliphatic rings. The lowest BCUT2D eigenvalue weighted by molar-refractivity contribution is 0.0935. The van der Waals surface area contributed by atoms with Gasteiger partial charge in [0.2, 0.25) is 0 Å². The van der Waals surface area contributed by atoms with Crippen molar-refractivity contribution in [2.24, 2.45) is 0 Å². The molecule has 0 aliphatic heterocycles. The number of carbonyl (C=O) groups is 2. The van der Waals surface area contributed by atoms with Crippen LogP contribution in [0.1, 0.15) is 37.9 Å². The summed E-state index contributed by atoms with van der Waals surface area (Å²) in [6, 6.07) is 17.7. The number of amides is 1. The van der Waals surface area contributed by atoms with Crippen LogP contribution >= 0.6 is 0 Å². The van der Waals surface area contributed by atoms with E-state index < -0.39 is 11.9 Å². The Labute approximate surface area is 155 Å². The first-order valence-electron chi connectivity index (χ1n) is 8.41. The molecule has 0 radical (unpaired) electrons. The van der Waals surface area contributed by atoms with E-state index >= 15 is 0 Å². The summed E-state index contributed by atoms with van der Waals surface area (Å²) < 4.78 is 27.2. The van der Waals surface area contributed by atoms with Crippen LogP contribution in [0.4, 0.5) is 8.78 Å². The van der Waals surface area contributed by atoms with Gasteiger partial charge in [-0.1, -0.05) is 36.4 Å². The van der Waals surface area contributed by atoms with E-state index in [0.29, 0.717) is 35.0 Å². The number of rotatable bonds is 6. The second kappa shape index (κ2) is 8.36. The molecule has 1 N–H and O–H groups in total. The molecule has 0 aromatic heterocycles. The van der Waals surface area contributed by atoms with Crippen LogP contribution in [0.25, 0.3) is 0 Å². The summed E-state index contributed by atoms with van der Waals surface area (Å²) in [6.45, 7) is 0. The van der Waals surface area contributed by atoms with E-state index in [1.165, 1.54) is 24.3 Å². The molecule has 3 aromatic carbocycles. The van der Waals surface area contributed by atoms with Crippen molar-refractivity contribution in [3.05, 3.63) is 107 Å². The molecule has 0 saturated heterocycles. The molecule has 3 aromatic rings. The summed E-state index contributed by atoms with van der Waals surface area (Å²) >= 11 is 0. The first-order chi connectivity index (χ1) is 13.0. The summed E-state index contributed by atoms with van der Waals surface area (Å²) in [5, 5.41) is 2.87. The molecule has 0 fully saturated rings. The maximum absolute atomic E-state index is 13.7. The van der Waals surface area contributed by atoms with E-state index in [9.17, 15) is 18.4 Å². The lowest BCUT2D eigenvalue weighted by Gasteiger charge is -2.20. The lowest BCUT2D eigenvalue weighted by atomic mass is 9.98. The fourth-order valence-corrected chi connectivity index (χ4v) is 2.83. The predicted octanol–water partition coefficient (Wildman–Crippen LogP) is 4.49. The van der Waals surface area contributed by atoms with E-state index in [1.807, 2.05) is 0 Å². The SMILES string of the molecule is O=Cc1ccc(C(=O)NC(Cc2cccc(F)c2)c2cccc(F)c2)cc1. The first-order valence-corrected chi connectivity index (χ1v) is 8.41. The van der Waals surface area contributed by atoms with Gasteiger partial charge in [-0.15, -0.1) is 0 Å². The Morgan fingerprint density at radius 3 is 2.22 bits per heavy atom. The van der Waals surface area contributed by atoms with Crippen molar-refractivity contribution in [2.75, 3.05) is 0 Å². The topological polar surface area (TPSA) is 46.2 Å². The molecule has 0 aliphatic carbocycles. The molecule has 136 valence electrons. The van der Waals surface area contributed by atoms with Crippen molar-refractivity contribution in [2.45, 2.75) is 12.5 Å². The summed E-state index contributed by atoms with van der Waals surface area (Å²) in [5.74, 6) is -1.15. The van der Waals surface area contributed by atoms with Crippen LogP contribution in [0.5, 0.6) is 0 Å². The summed E-state index contributed by atoms with van der Waals surface area (Å²) in [4.78, 5) is 23.3. The molecule has 5 heteroatoms. The average molecular weight is 365 g/mol. The van der Waals surface area contributed by atoms with Gasteiger partial charge in [-0.3, -0.25) is 9.59 Å². The van der Waals surface area contributed by atoms with E-state index in [0.717, 1.165) is 0 Å². The van der Waals surface area contributed by atoms with Gasteiger partial charge in [0.25, 0.3) is 5.91 Å². The third-order valence-electron chi connectivity index (χ3n) is 4.19. The fraction of sp³-hybridized carbons (Fsp3) is 0.0909. The van der Waals surface area contributed by atoms with Crippen LogP contribution in [0.15, 0.2) is 72.8 Å². The third kappa shape index (κ3) is 4.85. The van der Waals surface area contributed by atoms with Gasteiger partial charge >= 0.3 is 0 Å². The van der Waals surface area contributed by atoms with E-state index in [1.54, 1.807) is 48.5 Å². The Balaban J connectivity index is 1.86. The summed E-state index contributed by atoms with van der Waals surface area (Å²) in [5.41, 5.74) is 2.10. The average Bonchev–Trinajstić information content (AvgIpc) is 2.67. The highest BCUT2D eigenvalue weighted by Gasteiger charge is 2.17. The molecular formula is C22H17F2NO2. The van der Waals surface area contributed by atoms with Crippen molar-refractivity contribution in [1.82, 2.24) is 5.32 Å². The van der Waals surface area contributed by atoms with Crippen molar-refractivity contribution in [1.29, 1.82) is 0 Å². The Hall–Kier alpha value is -3.34. The standard InChI is InChI=1S/C22H17F2NO2/c23-19-5-1-3-16(11-19)12-21(18-4-2-6-20(24)13-18)25-22(27)17-9-7-15(14-26)8-10-17/h1-11,13-14,21H,12H2,(H,25,27). The zero-order valence-electron chi connectivity index (χ0n) is 14.4. The van der Waals surface area contributed by atoms with E-state index in [-0.39, 0.29) is 11.7 Å². The second-order valence-electron chi connectivity index (χ2n) is 6.15. The monoisotopic (exact) mass is 365 g/mol. The molecule has 0 saturated carbocycles. The molecule has 27 heavy (non-hydrogen) atoms. The van der Waals surface area contributed by atoms with E-state index in [4.69, 9.17) is 0 Å². The first kappa shape index (κ1) is 18.5. The highest BCUT2D eigenvalue weighted by Crippen LogP contribution is 2.21. The largest absolute Gasteiger partial charge is 0.345 e. The quantitative estimate of drug-likeness (QED) is 0.654. The Kier molecular flexibility index (Phi) is 5.71. The Morgan fingerprint density at radius 1 is 0.926 bits per heavy atom. The normalized spacial score (nSPS) is 11.6. The van der Waals surface area contributed by atoms with Crippen LogP contribution in [0.2, 0.25) is 0 Å². The molecule has 0 heterocycles. The molecule has 1 unspecified atom stereocenters. The molecule has 0 spiro atoms. The minimum absolute atomic E-state index is 0.305. The van der Waals surface area contributed by atoms with Crippen molar-refractivity contribution < 1.29 is 18.4 Å². The molecule has 1 amide bonds. The summed E-state index contributed by atoms with van der Waals surface area (Å²) in [7, 11) is 0. The highest BCUT2D eigenvalue weighted by atomic mass is 19.1. The van der Waals surface area contributed by atoms with Gasteiger partial charge < -0.3 is 5.32 Å². The van der Waals surface area contributed by atoms with Crippen LogP contribution in [-0.2, 0) is 6.42 Å². The van der Waals surface area contributed by atoms with Gasteiger partial charge in [-0.25, -0.2) is 8.78 Å². The van der Waals surface area contributed by atoms with Gasteiger partial charge in [-0.2, -0.15) is 0 Å². The Morgan fingerprint density at radius 2 is 1.59 bits per heavy atom. The van der Waals surface area contributed by atoms with Crippen LogP contribution in [0.3, 0.4) is 0 Å². The van der Waals surface area contributed by atoms with Gasteiger partial charge in [0.05, 0.1) is 6.04 Å². The maximum atomic E-state index is 13.7. The van der Waals surface area contributed by atoms with Crippen LogP contribution < -0.4 is 5.32 Å². The maximum Gasteiger partial charge on any atom is 0.251 e. The summed E-state index contributed by atoms with van der Waals surface area (Å²) in [6.07, 6.45) is 1.00. The number of benzene rings is 3. The lowest BCUT2D eigenvalue weighted by Crippen LogP contribution is -2.30. The molecular weight excluding hydrogens is 348 g/mol. The smallest absolute Gasteiger partial charge is 0.251 e. The second-order valence-corrected chi connectivity index (χ2v) is 6.15. The third-order valence-corrected chi connectivity index (χ3v) is 4.19. The zero-order valence-corrected chi connectivity index (χ0v) is 14.4. The number of nitrogens with one attached hydrogen (secondary N) is 1. The number of halogens is 2. The van der Waals surface area contributed by atoms with Crippen LogP contribution in [0, 0.1) is 11.6 Å². The molecule has 3 rings (SSSR count). The van der Waals surface area contributed by atoms with Crippen molar-refractivity contribution in [3.8, 4) is 0 Å². The Bertz CT molecular complexity index is 955. The minimum Gasteiger partial charge on any atom is -0.345 e. The predicted molar refractivity (Wildman–Crippen MR) is 98.5 cm³/mol. The van der Waals surface area contributed by atoms with Gasteiger partial charge in [0, 0.05) is 11.1 Å². The van der Waals surface area contributed by atoms with Crippen molar-refractivity contribution >= 4 is 12.2 Å². The van der Waals surface area contributed by atoms with Gasteiger partial charge in [0.15, 0.2) is 0 Å². The van der Waals surface area contributed by atoms with Crippen molar-refractivity contribution in [3.63, 3.8) is 0 Å². The minimum atomic E-state index is -0.541. The molecule has 1 atom stereocenters. The van der Waals surface area contributed by atoms with Crippen LogP contribution in [-0.4, -0.2) is 12.2 Å². The number of aldehydes is 1. The number of hydrogen-bond donors (Lipinski definition) is 1. The van der Waals surface area contributed by atoms with Gasteiger partial charge in [-0.05, 0) is 53.9 Å². The number of carbonyl (C=O) groups excluding carboxylic acids is 2. The zero-order chi connectivity index (χ0) is 19.2. The highest BCUT2D eigenvalue weighted by molar-refractivity contribution is 5.95.